The van der Waals surface area contributed by atoms with Crippen LogP contribution in [0.25, 0.3) is 0 Å². The minimum absolute atomic E-state index is 0.278. The highest BCUT2D eigenvalue weighted by molar-refractivity contribution is 7.83. The fourth-order valence-electron chi connectivity index (χ4n) is 1.85. The normalized spacial score (nSPS) is 12.3. The molecule has 1 atom stereocenters. The van der Waals surface area contributed by atoms with Gasteiger partial charge in [0.05, 0.1) is 0 Å². The van der Waals surface area contributed by atoms with Gasteiger partial charge in [-0.2, -0.15) is 0 Å². The fourth-order valence-corrected chi connectivity index (χ4v) is 3.06. The van der Waals surface area contributed by atoms with Gasteiger partial charge >= 0.3 is 0 Å². The first kappa shape index (κ1) is 13.0. The number of hydrogen-bond acceptors (Lipinski definition) is 1. The summed E-state index contributed by atoms with van der Waals surface area (Å²) in [5, 5.41) is 0. The molecule has 0 heterocycles. The predicted octanol–water partition coefficient (Wildman–Crippen LogP) is 3.58. The Bertz CT molecular complexity index is 516. The van der Waals surface area contributed by atoms with E-state index in [1.165, 1.54) is 12.1 Å². The third kappa shape index (κ3) is 3.77. The van der Waals surface area contributed by atoms with Crippen molar-refractivity contribution >= 4 is 10.8 Å². The quantitative estimate of drug-likeness (QED) is 0.823. The average Bonchev–Trinajstić information content (AvgIpc) is 2.28. The maximum atomic E-state index is 13.0. The Hall–Kier alpha value is -1.48. The highest BCUT2D eigenvalue weighted by Crippen LogP contribution is 2.11. The van der Waals surface area contributed by atoms with Crippen LogP contribution >= 0.6 is 0 Å². The molecule has 0 aliphatic rings. The van der Waals surface area contributed by atoms with Crippen LogP contribution in [-0.4, -0.2) is 4.21 Å². The van der Waals surface area contributed by atoms with E-state index >= 15 is 0 Å². The zero-order valence-corrected chi connectivity index (χ0v) is 11.0. The van der Waals surface area contributed by atoms with Crippen molar-refractivity contribution in [2.75, 3.05) is 0 Å². The largest absolute Gasteiger partial charge is 0.259 e. The van der Waals surface area contributed by atoms with Gasteiger partial charge in [0.1, 0.15) is 5.82 Å². The molecule has 0 amide bonds. The number of hydrogen-bond donors (Lipinski definition) is 0. The molecule has 2 rings (SSSR count). The average molecular weight is 262 g/mol. The van der Waals surface area contributed by atoms with Crippen molar-refractivity contribution in [1.29, 1.82) is 0 Å². The van der Waals surface area contributed by atoms with E-state index in [1.807, 2.05) is 31.2 Å². The second kappa shape index (κ2) is 5.91. The van der Waals surface area contributed by atoms with Gasteiger partial charge in [-0.15, -0.1) is 0 Å². The molecule has 3 heteroatoms. The van der Waals surface area contributed by atoms with Gasteiger partial charge in [-0.25, -0.2) is 4.39 Å². The number of aryl methyl sites for hydroxylation is 1. The second-order valence-electron chi connectivity index (χ2n) is 4.35. The third-order valence-electron chi connectivity index (χ3n) is 2.63. The van der Waals surface area contributed by atoms with Crippen LogP contribution in [0.2, 0.25) is 0 Å². The number of halogens is 1. The lowest BCUT2D eigenvalue weighted by molar-refractivity contribution is 0.626. The van der Waals surface area contributed by atoms with Gasteiger partial charge in [0, 0.05) is 22.3 Å². The molecule has 0 aromatic heterocycles. The lowest BCUT2D eigenvalue weighted by Gasteiger charge is -2.04. The van der Waals surface area contributed by atoms with Crippen LogP contribution < -0.4 is 0 Å². The van der Waals surface area contributed by atoms with Crippen molar-refractivity contribution in [1.82, 2.24) is 0 Å². The molecule has 0 saturated carbocycles. The first-order valence-corrected chi connectivity index (χ1v) is 7.27. The Labute approximate surface area is 109 Å². The summed E-state index contributed by atoms with van der Waals surface area (Å²) in [5.41, 5.74) is 3.00. The van der Waals surface area contributed by atoms with Crippen LogP contribution in [0.5, 0.6) is 0 Å². The van der Waals surface area contributed by atoms with Crippen LogP contribution in [0.3, 0.4) is 0 Å². The standard InChI is InChI=1S/C15H15FOS/c1-12-4-2-5-13(8-12)10-18(17)11-14-6-3-7-15(16)9-14/h2-9H,10-11H2,1H3. The summed E-state index contributed by atoms with van der Waals surface area (Å²) in [6, 6.07) is 14.3. The molecule has 0 N–H and O–H groups in total. The molecule has 0 bridgehead atoms. The monoisotopic (exact) mass is 262 g/mol. The highest BCUT2D eigenvalue weighted by atomic mass is 32.2. The van der Waals surface area contributed by atoms with Gasteiger partial charge in [0.25, 0.3) is 0 Å². The molecular formula is C15H15FOS. The topological polar surface area (TPSA) is 17.1 Å². The summed E-state index contributed by atoms with van der Waals surface area (Å²) in [6.45, 7) is 2.01. The van der Waals surface area contributed by atoms with Crippen molar-refractivity contribution in [3.63, 3.8) is 0 Å². The van der Waals surface area contributed by atoms with E-state index in [2.05, 4.69) is 0 Å². The molecule has 1 unspecified atom stereocenters. The molecule has 0 spiro atoms. The Morgan fingerprint density at radius 2 is 1.61 bits per heavy atom. The van der Waals surface area contributed by atoms with Gasteiger partial charge < -0.3 is 0 Å². The summed E-state index contributed by atoms with van der Waals surface area (Å²) >= 11 is 0. The molecule has 0 aliphatic carbocycles. The summed E-state index contributed by atoms with van der Waals surface area (Å²) in [6.07, 6.45) is 0. The predicted molar refractivity (Wildman–Crippen MR) is 73.1 cm³/mol. The van der Waals surface area contributed by atoms with Crippen LogP contribution in [-0.2, 0) is 22.3 Å². The van der Waals surface area contributed by atoms with Crippen molar-refractivity contribution in [3.8, 4) is 0 Å². The van der Waals surface area contributed by atoms with Crippen LogP contribution in [0.1, 0.15) is 16.7 Å². The van der Waals surface area contributed by atoms with Crippen molar-refractivity contribution in [3.05, 3.63) is 71.0 Å². The maximum Gasteiger partial charge on any atom is 0.123 e. The highest BCUT2D eigenvalue weighted by Gasteiger charge is 2.04. The molecule has 0 saturated heterocycles. The van der Waals surface area contributed by atoms with Crippen LogP contribution in [0, 0.1) is 12.7 Å². The molecule has 1 nitrogen and oxygen atoms in total. The van der Waals surface area contributed by atoms with Gasteiger partial charge in [-0.05, 0) is 30.2 Å². The smallest absolute Gasteiger partial charge is 0.123 e. The maximum absolute atomic E-state index is 13.0. The Balaban J connectivity index is 2.01. The van der Waals surface area contributed by atoms with Gasteiger partial charge in [-0.3, -0.25) is 4.21 Å². The van der Waals surface area contributed by atoms with Crippen molar-refractivity contribution < 1.29 is 8.60 Å². The van der Waals surface area contributed by atoms with E-state index < -0.39 is 10.8 Å². The molecule has 18 heavy (non-hydrogen) atoms. The van der Waals surface area contributed by atoms with Crippen LogP contribution in [0.15, 0.2) is 48.5 Å². The minimum Gasteiger partial charge on any atom is -0.259 e. The van der Waals surface area contributed by atoms with E-state index in [0.717, 1.165) is 16.7 Å². The molecule has 2 aromatic carbocycles. The summed E-state index contributed by atoms with van der Waals surface area (Å²) in [5.74, 6) is 0.629. The summed E-state index contributed by atoms with van der Waals surface area (Å²) in [4.78, 5) is 0. The fraction of sp³-hybridized carbons (Fsp3) is 0.200. The SMILES string of the molecule is Cc1cccc(CS(=O)Cc2cccc(F)c2)c1. The molecule has 94 valence electrons. The van der Waals surface area contributed by atoms with E-state index in [-0.39, 0.29) is 5.82 Å². The van der Waals surface area contributed by atoms with Gasteiger partial charge in [0.2, 0.25) is 0 Å². The summed E-state index contributed by atoms with van der Waals surface area (Å²) in [7, 11) is -1.01. The number of benzene rings is 2. The summed E-state index contributed by atoms with van der Waals surface area (Å²) < 4.78 is 25.0. The van der Waals surface area contributed by atoms with Gasteiger partial charge in [0.15, 0.2) is 0 Å². The molecule has 0 radical (unpaired) electrons. The zero-order chi connectivity index (χ0) is 13.0. The minimum atomic E-state index is -1.01. The second-order valence-corrected chi connectivity index (χ2v) is 5.80. The number of rotatable bonds is 4. The van der Waals surface area contributed by atoms with Crippen molar-refractivity contribution in [2.24, 2.45) is 0 Å². The Kier molecular flexibility index (Phi) is 4.26. The molecule has 0 aliphatic heterocycles. The van der Waals surface area contributed by atoms with E-state index in [1.54, 1.807) is 12.1 Å². The van der Waals surface area contributed by atoms with Crippen molar-refractivity contribution in [2.45, 2.75) is 18.4 Å². The first-order valence-electron chi connectivity index (χ1n) is 5.78. The Morgan fingerprint density at radius 1 is 1.00 bits per heavy atom. The van der Waals surface area contributed by atoms with E-state index in [0.29, 0.717) is 11.5 Å². The Morgan fingerprint density at radius 3 is 2.22 bits per heavy atom. The third-order valence-corrected chi connectivity index (χ3v) is 3.94. The van der Waals surface area contributed by atoms with E-state index in [9.17, 15) is 8.60 Å². The first-order chi connectivity index (χ1) is 8.63. The van der Waals surface area contributed by atoms with Gasteiger partial charge in [-0.1, -0.05) is 42.0 Å². The lowest BCUT2D eigenvalue weighted by Crippen LogP contribution is -2.00. The van der Waals surface area contributed by atoms with E-state index in [4.69, 9.17) is 0 Å². The lowest BCUT2D eigenvalue weighted by atomic mass is 10.2. The zero-order valence-electron chi connectivity index (χ0n) is 10.2. The molecular weight excluding hydrogens is 247 g/mol. The molecule has 0 fully saturated rings. The molecule has 2 aromatic rings. The van der Waals surface area contributed by atoms with Crippen LogP contribution in [0.4, 0.5) is 4.39 Å².